The van der Waals surface area contributed by atoms with E-state index in [1.165, 1.54) is 0 Å². The molecule has 2 saturated heterocycles. The highest BCUT2D eigenvalue weighted by atomic mass is 32.2. The molecule has 1 atom stereocenters. The van der Waals surface area contributed by atoms with Gasteiger partial charge in [-0.15, -0.1) is 0 Å². The average Bonchev–Trinajstić information content (AvgIpc) is 2.65. The van der Waals surface area contributed by atoms with Gasteiger partial charge in [0.05, 0.1) is 12.2 Å². The van der Waals surface area contributed by atoms with Crippen LogP contribution in [0.15, 0.2) is 18.2 Å². The van der Waals surface area contributed by atoms with Crippen LogP contribution in [0.25, 0.3) is 0 Å². The normalized spacial score (nSPS) is 20.6. The largest absolute Gasteiger partial charge is 0.444 e. The Morgan fingerprint density at radius 3 is 2.34 bits per heavy atom. The van der Waals surface area contributed by atoms with Crippen LogP contribution in [0, 0.1) is 0 Å². The predicted molar refractivity (Wildman–Crippen MR) is 117 cm³/mol. The second-order valence-corrected chi connectivity index (χ2v) is 10.9. The number of ether oxygens (including phenoxy) is 1. The van der Waals surface area contributed by atoms with Gasteiger partial charge < -0.3 is 13.8 Å². The molecular formula is C22H30N2O7S. The number of nitrogens with zero attached hydrogens (tertiary/aromatic N) is 1. The Bertz CT molecular complexity index is 1010. The lowest BCUT2D eigenvalue weighted by atomic mass is 9.85. The molecule has 1 unspecified atom stereocenters. The number of benzene rings is 1. The molecule has 0 aliphatic carbocycles. The average molecular weight is 467 g/mol. The fourth-order valence-corrected chi connectivity index (χ4v) is 4.52. The molecule has 1 aromatic rings. The first kappa shape index (κ1) is 24.0. The molecule has 0 saturated carbocycles. The molecule has 2 aliphatic heterocycles. The zero-order valence-electron chi connectivity index (χ0n) is 18.8. The topological polar surface area (TPSA) is 119 Å². The van der Waals surface area contributed by atoms with E-state index in [0.717, 1.165) is 11.8 Å². The first-order chi connectivity index (χ1) is 14.8. The number of carbonyl (C=O) groups excluding carboxylic acids is 3. The van der Waals surface area contributed by atoms with Gasteiger partial charge in [0, 0.05) is 19.5 Å². The maximum atomic E-state index is 12.3. The summed E-state index contributed by atoms with van der Waals surface area (Å²) in [6, 6.07) is 5.15. The monoisotopic (exact) mass is 466 g/mol. The number of nitrogens with one attached hydrogen (secondary N) is 1. The quantitative estimate of drug-likeness (QED) is 0.535. The molecule has 1 aromatic carbocycles. The molecule has 2 aliphatic rings. The molecule has 3 rings (SSSR count). The molecule has 2 heterocycles. The summed E-state index contributed by atoms with van der Waals surface area (Å²) >= 11 is 0. The SMILES string of the molecule is CC(C)(C)OC(=O)N1CCC(c2ccc(C3CCC(=O)NC3=O)cc2OS(C)(=O)=O)CC1. The lowest BCUT2D eigenvalue weighted by molar-refractivity contribution is -0.134. The summed E-state index contributed by atoms with van der Waals surface area (Å²) in [6.07, 6.45) is 2.44. The van der Waals surface area contributed by atoms with Crippen molar-refractivity contribution in [1.82, 2.24) is 10.2 Å². The number of likely N-dealkylation sites (tertiary alicyclic amines) is 1. The maximum absolute atomic E-state index is 12.3. The number of imide groups is 1. The Kier molecular flexibility index (Phi) is 6.83. The van der Waals surface area contributed by atoms with E-state index in [1.54, 1.807) is 23.1 Å². The molecule has 9 nitrogen and oxygen atoms in total. The third kappa shape index (κ3) is 6.21. The number of rotatable bonds is 4. The lowest BCUT2D eigenvalue weighted by Gasteiger charge is -2.34. The standard InChI is InChI=1S/C22H30N2O7S/c1-22(2,3)30-21(27)24-11-9-14(10-12-24)16-6-5-15(13-18(16)31-32(4,28)29)17-7-8-19(25)23-20(17)26/h5-6,13-14,17H,7-12H2,1-4H3,(H,23,25,26). The third-order valence-corrected chi connectivity index (χ3v) is 5.99. The maximum Gasteiger partial charge on any atom is 0.410 e. The number of hydrogen-bond donors (Lipinski definition) is 1. The Morgan fingerprint density at radius 1 is 1.12 bits per heavy atom. The number of carbonyl (C=O) groups is 3. The van der Waals surface area contributed by atoms with E-state index in [-0.39, 0.29) is 30.1 Å². The molecule has 1 N–H and O–H groups in total. The van der Waals surface area contributed by atoms with Crippen LogP contribution in [0.2, 0.25) is 0 Å². The smallest absolute Gasteiger partial charge is 0.410 e. The first-order valence-electron chi connectivity index (χ1n) is 10.7. The third-order valence-electron chi connectivity index (χ3n) is 5.51. The van der Waals surface area contributed by atoms with Crippen LogP contribution in [0.5, 0.6) is 5.75 Å². The van der Waals surface area contributed by atoms with Gasteiger partial charge in [0.25, 0.3) is 0 Å². The molecule has 0 spiro atoms. The summed E-state index contributed by atoms with van der Waals surface area (Å²) in [5.41, 5.74) is 0.745. The Balaban J connectivity index is 1.80. The highest BCUT2D eigenvalue weighted by molar-refractivity contribution is 7.86. The highest BCUT2D eigenvalue weighted by Crippen LogP contribution is 2.38. The van der Waals surface area contributed by atoms with Crippen LogP contribution in [0.3, 0.4) is 0 Å². The van der Waals surface area contributed by atoms with Gasteiger partial charge in [0.15, 0.2) is 0 Å². The van der Waals surface area contributed by atoms with Crippen molar-refractivity contribution in [2.24, 2.45) is 0 Å². The van der Waals surface area contributed by atoms with E-state index in [2.05, 4.69) is 5.32 Å². The second kappa shape index (κ2) is 9.09. The van der Waals surface area contributed by atoms with Gasteiger partial charge in [-0.05, 0) is 63.1 Å². The summed E-state index contributed by atoms with van der Waals surface area (Å²) in [7, 11) is -3.79. The molecule has 176 valence electrons. The second-order valence-electron chi connectivity index (χ2n) is 9.33. The summed E-state index contributed by atoms with van der Waals surface area (Å²) < 4.78 is 34.5. The zero-order chi connectivity index (χ0) is 23.7. The van der Waals surface area contributed by atoms with Crippen LogP contribution in [-0.2, 0) is 24.4 Å². The van der Waals surface area contributed by atoms with Crippen LogP contribution in [-0.4, -0.2) is 56.2 Å². The van der Waals surface area contributed by atoms with Crippen LogP contribution in [0.1, 0.15) is 69.4 Å². The molecule has 10 heteroatoms. The molecular weight excluding hydrogens is 436 g/mol. The Labute approximate surface area is 188 Å². The lowest BCUT2D eigenvalue weighted by Crippen LogP contribution is -2.41. The van der Waals surface area contributed by atoms with Crippen molar-refractivity contribution in [2.75, 3.05) is 19.3 Å². The predicted octanol–water partition coefficient (Wildman–Crippen LogP) is 2.66. The van der Waals surface area contributed by atoms with Gasteiger partial charge in [-0.1, -0.05) is 12.1 Å². The molecule has 0 bridgehead atoms. The van der Waals surface area contributed by atoms with E-state index in [4.69, 9.17) is 8.92 Å². The van der Waals surface area contributed by atoms with E-state index in [0.29, 0.717) is 37.9 Å². The van der Waals surface area contributed by atoms with Crippen molar-refractivity contribution in [1.29, 1.82) is 0 Å². The number of amides is 3. The fourth-order valence-electron chi connectivity index (χ4n) is 4.05. The first-order valence-corrected chi connectivity index (χ1v) is 12.5. The van der Waals surface area contributed by atoms with Crippen LogP contribution >= 0.6 is 0 Å². The van der Waals surface area contributed by atoms with Crippen LogP contribution < -0.4 is 9.50 Å². The van der Waals surface area contributed by atoms with E-state index in [1.807, 2.05) is 20.8 Å². The van der Waals surface area contributed by atoms with Gasteiger partial charge in [0.1, 0.15) is 11.4 Å². The van der Waals surface area contributed by atoms with E-state index < -0.39 is 27.5 Å². The highest BCUT2D eigenvalue weighted by Gasteiger charge is 2.32. The summed E-state index contributed by atoms with van der Waals surface area (Å²) in [4.78, 5) is 37.7. The van der Waals surface area contributed by atoms with Crippen LogP contribution in [0.4, 0.5) is 4.79 Å². The molecule has 3 amide bonds. The number of hydrogen-bond acceptors (Lipinski definition) is 7. The molecule has 2 fully saturated rings. The minimum absolute atomic E-state index is 0.0127. The Hall–Kier alpha value is -2.62. The van der Waals surface area contributed by atoms with Gasteiger partial charge in [0.2, 0.25) is 11.8 Å². The van der Waals surface area contributed by atoms with Crippen molar-refractivity contribution in [3.8, 4) is 5.75 Å². The van der Waals surface area contributed by atoms with Gasteiger partial charge in [-0.25, -0.2) is 4.79 Å². The molecule has 0 aromatic heterocycles. The van der Waals surface area contributed by atoms with E-state index >= 15 is 0 Å². The van der Waals surface area contributed by atoms with Gasteiger partial charge >= 0.3 is 16.2 Å². The van der Waals surface area contributed by atoms with Crippen molar-refractivity contribution >= 4 is 28.0 Å². The molecule has 32 heavy (non-hydrogen) atoms. The fraction of sp³-hybridized carbons (Fsp3) is 0.591. The van der Waals surface area contributed by atoms with E-state index in [9.17, 15) is 22.8 Å². The van der Waals surface area contributed by atoms with Gasteiger partial charge in [-0.3, -0.25) is 14.9 Å². The molecule has 0 radical (unpaired) electrons. The Morgan fingerprint density at radius 2 is 1.78 bits per heavy atom. The minimum Gasteiger partial charge on any atom is -0.444 e. The number of piperidine rings is 2. The minimum atomic E-state index is -3.79. The zero-order valence-corrected chi connectivity index (χ0v) is 19.7. The van der Waals surface area contributed by atoms with Crippen molar-refractivity contribution in [3.05, 3.63) is 29.3 Å². The van der Waals surface area contributed by atoms with Crippen molar-refractivity contribution < 1.29 is 31.7 Å². The summed E-state index contributed by atoms with van der Waals surface area (Å²) in [5.74, 6) is -1.08. The van der Waals surface area contributed by atoms with Crippen molar-refractivity contribution in [2.45, 2.75) is 63.9 Å². The van der Waals surface area contributed by atoms with Crippen molar-refractivity contribution in [3.63, 3.8) is 0 Å². The summed E-state index contributed by atoms with van der Waals surface area (Å²) in [6.45, 7) is 6.41. The van der Waals surface area contributed by atoms with Gasteiger partial charge in [-0.2, -0.15) is 8.42 Å². The summed E-state index contributed by atoms with van der Waals surface area (Å²) in [5, 5.41) is 2.32.